The van der Waals surface area contributed by atoms with Crippen molar-refractivity contribution >= 4 is 11.7 Å². The summed E-state index contributed by atoms with van der Waals surface area (Å²) in [6, 6.07) is 10.9. The predicted molar refractivity (Wildman–Crippen MR) is 96.0 cm³/mol. The van der Waals surface area contributed by atoms with E-state index in [0.29, 0.717) is 11.5 Å². The molecule has 2 heterocycles. The number of urea groups is 1. The molecule has 6 nitrogen and oxygen atoms in total. The maximum atomic E-state index is 12.3. The van der Waals surface area contributed by atoms with E-state index in [1.807, 2.05) is 48.2 Å². The second-order valence-corrected chi connectivity index (χ2v) is 5.89. The highest BCUT2D eigenvalue weighted by molar-refractivity contribution is 5.89. The van der Waals surface area contributed by atoms with Gasteiger partial charge in [0.15, 0.2) is 0 Å². The molecular formula is C19H23N3O3. The van der Waals surface area contributed by atoms with Gasteiger partial charge in [-0.3, -0.25) is 4.98 Å². The molecule has 1 fully saturated rings. The topological polar surface area (TPSA) is 63.7 Å². The summed E-state index contributed by atoms with van der Waals surface area (Å²) in [5.41, 5.74) is 0.746. The number of nitrogens with zero attached hydrogens (tertiary/aromatic N) is 2. The third-order valence-corrected chi connectivity index (χ3v) is 4.11. The van der Waals surface area contributed by atoms with E-state index in [1.54, 1.807) is 12.4 Å². The van der Waals surface area contributed by atoms with E-state index in [9.17, 15) is 4.79 Å². The van der Waals surface area contributed by atoms with Crippen LogP contribution in [0.3, 0.4) is 0 Å². The maximum absolute atomic E-state index is 12.3. The van der Waals surface area contributed by atoms with Crippen molar-refractivity contribution in [1.29, 1.82) is 0 Å². The van der Waals surface area contributed by atoms with Crippen molar-refractivity contribution in [2.45, 2.75) is 25.9 Å². The van der Waals surface area contributed by atoms with Crippen LogP contribution in [0.4, 0.5) is 10.5 Å². The van der Waals surface area contributed by atoms with Crippen LogP contribution in [0.5, 0.6) is 11.5 Å². The van der Waals surface area contributed by atoms with Gasteiger partial charge in [-0.2, -0.15) is 0 Å². The molecule has 0 saturated carbocycles. The average molecular weight is 341 g/mol. The number of amides is 2. The van der Waals surface area contributed by atoms with Crippen LogP contribution in [0.2, 0.25) is 0 Å². The lowest BCUT2D eigenvalue weighted by Gasteiger charge is -2.31. The van der Waals surface area contributed by atoms with E-state index in [-0.39, 0.29) is 12.1 Å². The molecule has 0 aliphatic carbocycles. The van der Waals surface area contributed by atoms with Crippen LogP contribution >= 0.6 is 0 Å². The summed E-state index contributed by atoms with van der Waals surface area (Å²) >= 11 is 0. The molecule has 0 bridgehead atoms. The van der Waals surface area contributed by atoms with Gasteiger partial charge >= 0.3 is 6.03 Å². The Bertz CT molecular complexity index is 668. The van der Waals surface area contributed by atoms with Crippen molar-refractivity contribution in [3.63, 3.8) is 0 Å². The molecule has 132 valence electrons. The third-order valence-electron chi connectivity index (χ3n) is 4.11. The smallest absolute Gasteiger partial charge is 0.321 e. The lowest BCUT2D eigenvalue weighted by Crippen LogP contribution is -2.43. The Balaban J connectivity index is 1.50. The van der Waals surface area contributed by atoms with Crippen LogP contribution in [-0.4, -0.2) is 41.7 Å². The van der Waals surface area contributed by atoms with Crippen molar-refractivity contribution in [3.05, 3.63) is 48.8 Å². The molecule has 1 aromatic heterocycles. The Morgan fingerprint density at radius 2 is 1.96 bits per heavy atom. The van der Waals surface area contributed by atoms with Gasteiger partial charge in [0.25, 0.3) is 0 Å². The standard InChI is InChI=1S/C19H23N3O3/c1-2-24-16-9-12-22(13-10-16)19(23)21-15-5-7-17(8-6-15)25-18-4-3-11-20-14-18/h3-8,11,14,16H,2,9-10,12-13H2,1H3,(H,21,23). The zero-order valence-corrected chi connectivity index (χ0v) is 14.4. The number of anilines is 1. The Morgan fingerprint density at radius 1 is 1.20 bits per heavy atom. The number of nitrogens with one attached hydrogen (secondary N) is 1. The van der Waals surface area contributed by atoms with E-state index >= 15 is 0 Å². The molecule has 2 amide bonds. The van der Waals surface area contributed by atoms with Gasteiger partial charge in [0.2, 0.25) is 0 Å². The second kappa shape index (κ2) is 8.48. The first kappa shape index (κ1) is 17.2. The van der Waals surface area contributed by atoms with E-state index in [0.717, 1.165) is 38.2 Å². The number of likely N-dealkylation sites (tertiary alicyclic amines) is 1. The first-order valence-corrected chi connectivity index (χ1v) is 8.60. The molecule has 2 aromatic rings. The van der Waals surface area contributed by atoms with Crippen LogP contribution in [0, 0.1) is 0 Å². The van der Waals surface area contributed by atoms with Crippen molar-refractivity contribution in [3.8, 4) is 11.5 Å². The van der Waals surface area contributed by atoms with Gasteiger partial charge in [0, 0.05) is 31.6 Å². The summed E-state index contributed by atoms with van der Waals surface area (Å²) in [6.07, 6.45) is 5.40. The Kier molecular flexibility index (Phi) is 5.85. The Morgan fingerprint density at radius 3 is 2.60 bits per heavy atom. The van der Waals surface area contributed by atoms with Crippen molar-refractivity contribution in [1.82, 2.24) is 9.88 Å². The molecular weight excluding hydrogens is 318 g/mol. The number of ether oxygens (including phenoxy) is 2. The molecule has 0 spiro atoms. The highest BCUT2D eigenvalue weighted by Crippen LogP contribution is 2.22. The van der Waals surface area contributed by atoms with E-state index in [1.165, 1.54) is 0 Å². The molecule has 3 rings (SSSR count). The van der Waals surface area contributed by atoms with Gasteiger partial charge in [0.05, 0.1) is 12.3 Å². The van der Waals surface area contributed by atoms with Crippen molar-refractivity contribution in [2.24, 2.45) is 0 Å². The number of piperidine rings is 1. The van der Waals surface area contributed by atoms with Gasteiger partial charge in [-0.05, 0) is 56.2 Å². The number of pyridine rings is 1. The second-order valence-electron chi connectivity index (χ2n) is 5.89. The molecule has 0 radical (unpaired) electrons. The lowest BCUT2D eigenvalue weighted by atomic mass is 10.1. The molecule has 1 aromatic carbocycles. The molecule has 1 saturated heterocycles. The number of carbonyl (C=O) groups excluding carboxylic acids is 1. The Labute approximate surface area is 147 Å². The molecule has 0 unspecified atom stereocenters. The summed E-state index contributed by atoms with van der Waals surface area (Å²) < 4.78 is 11.3. The molecule has 1 aliphatic rings. The zero-order chi connectivity index (χ0) is 17.5. The number of hydrogen-bond acceptors (Lipinski definition) is 4. The monoisotopic (exact) mass is 341 g/mol. The van der Waals surface area contributed by atoms with E-state index in [4.69, 9.17) is 9.47 Å². The molecule has 0 atom stereocenters. The third kappa shape index (κ3) is 4.93. The zero-order valence-electron chi connectivity index (χ0n) is 14.4. The fourth-order valence-electron chi connectivity index (χ4n) is 2.81. The van der Waals surface area contributed by atoms with Gasteiger partial charge in [-0.25, -0.2) is 4.79 Å². The summed E-state index contributed by atoms with van der Waals surface area (Å²) in [4.78, 5) is 18.2. The largest absolute Gasteiger partial charge is 0.456 e. The van der Waals surface area contributed by atoms with Crippen molar-refractivity contribution < 1.29 is 14.3 Å². The normalized spacial score (nSPS) is 15.0. The number of carbonyl (C=O) groups is 1. The van der Waals surface area contributed by atoms with Crippen molar-refractivity contribution in [2.75, 3.05) is 25.0 Å². The summed E-state index contributed by atoms with van der Waals surface area (Å²) in [7, 11) is 0. The number of rotatable bonds is 5. The molecule has 25 heavy (non-hydrogen) atoms. The van der Waals surface area contributed by atoms with Crippen LogP contribution in [-0.2, 0) is 4.74 Å². The fraction of sp³-hybridized carbons (Fsp3) is 0.368. The van der Waals surface area contributed by atoms with Crippen LogP contribution < -0.4 is 10.1 Å². The molecule has 6 heteroatoms. The minimum Gasteiger partial charge on any atom is -0.456 e. The summed E-state index contributed by atoms with van der Waals surface area (Å²) in [5, 5.41) is 2.93. The van der Waals surface area contributed by atoms with Crippen LogP contribution in [0.1, 0.15) is 19.8 Å². The summed E-state index contributed by atoms with van der Waals surface area (Å²) in [6.45, 7) is 4.17. The highest BCUT2D eigenvalue weighted by Gasteiger charge is 2.22. The lowest BCUT2D eigenvalue weighted by molar-refractivity contribution is 0.0232. The number of benzene rings is 1. The van der Waals surface area contributed by atoms with Gasteiger partial charge < -0.3 is 19.7 Å². The molecule has 1 aliphatic heterocycles. The first-order valence-electron chi connectivity index (χ1n) is 8.60. The minimum atomic E-state index is -0.0733. The maximum Gasteiger partial charge on any atom is 0.321 e. The Hall–Kier alpha value is -2.60. The van der Waals surface area contributed by atoms with Gasteiger partial charge in [-0.15, -0.1) is 0 Å². The van der Waals surface area contributed by atoms with Crippen LogP contribution in [0.25, 0.3) is 0 Å². The van der Waals surface area contributed by atoms with Gasteiger partial charge in [-0.1, -0.05) is 0 Å². The average Bonchev–Trinajstić information content (AvgIpc) is 2.65. The molecule has 1 N–H and O–H groups in total. The highest BCUT2D eigenvalue weighted by atomic mass is 16.5. The fourth-order valence-corrected chi connectivity index (χ4v) is 2.81. The number of hydrogen-bond donors (Lipinski definition) is 1. The SMILES string of the molecule is CCOC1CCN(C(=O)Nc2ccc(Oc3cccnc3)cc2)CC1. The minimum absolute atomic E-state index is 0.0733. The quantitative estimate of drug-likeness (QED) is 0.896. The number of aromatic nitrogens is 1. The first-order chi connectivity index (χ1) is 12.2. The van der Waals surface area contributed by atoms with Gasteiger partial charge in [0.1, 0.15) is 11.5 Å². The van der Waals surface area contributed by atoms with E-state index in [2.05, 4.69) is 10.3 Å². The van der Waals surface area contributed by atoms with Crippen LogP contribution in [0.15, 0.2) is 48.8 Å². The summed E-state index contributed by atoms with van der Waals surface area (Å²) in [5.74, 6) is 1.37. The predicted octanol–water partition coefficient (Wildman–Crippen LogP) is 3.91. The van der Waals surface area contributed by atoms with E-state index < -0.39 is 0 Å².